The topological polar surface area (TPSA) is 136 Å². The number of aromatic hydroxyl groups is 2. The van der Waals surface area contributed by atoms with Gasteiger partial charge in [-0.2, -0.15) is 5.10 Å². The van der Waals surface area contributed by atoms with Crippen LogP contribution in [-0.2, 0) is 0 Å². The molecule has 0 aliphatic carbocycles. The summed E-state index contributed by atoms with van der Waals surface area (Å²) in [4.78, 5) is 22.4. The fourth-order valence-corrected chi connectivity index (χ4v) is 1.39. The van der Waals surface area contributed by atoms with E-state index in [-0.39, 0.29) is 17.1 Å². The van der Waals surface area contributed by atoms with Gasteiger partial charge in [0, 0.05) is 6.07 Å². The van der Waals surface area contributed by atoms with Crippen LogP contribution < -0.4 is 5.32 Å². The molecular weight excluding hydrogens is 254 g/mol. The Labute approximate surface area is 106 Å². The smallest absolute Gasteiger partial charge is 0.353 e. The molecule has 0 unspecified atom stereocenters. The third-order valence-corrected chi connectivity index (χ3v) is 2.31. The van der Waals surface area contributed by atoms with Gasteiger partial charge in [0.2, 0.25) is 0 Å². The first kappa shape index (κ1) is 12.4. The number of carboxylic acids is 1. The summed E-state index contributed by atoms with van der Waals surface area (Å²) in [6.45, 7) is 0. The van der Waals surface area contributed by atoms with Gasteiger partial charge >= 0.3 is 5.97 Å². The molecule has 0 saturated heterocycles. The molecule has 8 heteroatoms. The average molecular weight is 263 g/mol. The lowest BCUT2D eigenvalue weighted by atomic mass is 10.1. The zero-order valence-corrected chi connectivity index (χ0v) is 9.41. The number of nitrogens with zero attached hydrogens (tertiary/aromatic N) is 1. The van der Waals surface area contributed by atoms with E-state index in [0.717, 1.165) is 6.07 Å². The lowest BCUT2D eigenvalue weighted by molar-refractivity contribution is 0.0690. The number of benzene rings is 1. The Morgan fingerprint density at radius 3 is 2.63 bits per heavy atom. The van der Waals surface area contributed by atoms with Crippen molar-refractivity contribution in [2.24, 2.45) is 0 Å². The van der Waals surface area contributed by atoms with E-state index >= 15 is 0 Å². The summed E-state index contributed by atoms with van der Waals surface area (Å²) in [6.07, 6.45) is 0. The van der Waals surface area contributed by atoms with Crippen LogP contribution in [0.3, 0.4) is 0 Å². The minimum atomic E-state index is -1.21. The Hall–Kier alpha value is -3.03. The van der Waals surface area contributed by atoms with Gasteiger partial charge in [-0.25, -0.2) is 4.79 Å². The average Bonchev–Trinajstić information content (AvgIpc) is 2.81. The van der Waals surface area contributed by atoms with Gasteiger partial charge in [-0.15, -0.1) is 0 Å². The predicted molar refractivity (Wildman–Crippen MR) is 63.3 cm³/mol. The van der Waals surface area contributed by atoms with Crippen LogP contribution in [0.2, 0.25) is 0 Å². The molecule has 0 saturated carbocycles. The second-order valence-corrected chi connectivity index (χ2v) is 3.60. The number of aromatic nitrogens is 2. The summed E-state index contributed by atoms with van der Waals surface area (Å²) in [5.41, 5.74) is -0.338. The number of carboxylic acid groups (broad SMARTS) is 1. The summed E-state index contributed by atoms with van der Waals surface area (Å²) < 4.78 is 0. The van der Waals surface area contributed by atoms with Crippen molar-refractivity contribution in [3.8, 4) is 11.5 Å². The largest absolute Gasteiger partial charge is 0.504 e. The van der Waals surface area contributed by atoms with Gasteiger partial charge in [0.25, 0.3) is 5.91 Å². The molecule has 0 spiro atoms. The van der Waals surface area contributed by atoms with Gasteiger partial charge in [-0.3, -0.25) is 9.89 Å². The molecule has 1 heterocycles. The van der Waals surface area contributed by atoms with Gasteiger partial charge in [-0.05, 0) is 12.1 Å². The number of anilines is 1. The van der Waals surface area contributed by atoms with Crippen molar-refractivity contribution in [2.75, 3.05) is 5.32 Å². The summed E-state index contributed by atoms with van der Waals surface area (Å²) in [5, 5.41) is 35.5. The SMILES string of the molecule is O=C(O)c1cc(NC(=O)c2cccc(O)c2O)n[nH]1. The normalized spacial score (nSPS) is 10.1. The molecule has 5 N–H and O–H groups in total. The van der Waals surface area contributed by atoms with Crippen LogP contribution in [0.5, 0.6) is 11.5 Å². The Morgan fingerprint density at radius 2 is 2.00 bits per heavy atom. The monoisotopic (exact) mass is 263 g/mol. The molecule has 1 aromatic carbocycles. The molecule has 0 fully saturated rings. The summed E-state index contributed by atoms with van der Waals surface area (Å²) >= 11 is 0. The number of H-pyrrole nitrogens is 1. The van der Waals surface area contributed by atoms with Crippen molar-refractivity contribution >= 4 is 17.7 Å². The minimum Gasteiger partial charge on any atom is -0.504 e. The summed E-state index contributed by atoms with van der Waals surface area (Å²) in [5.74, 6) is -2.94. The molecule has 0 radical (unpaired) electrons. The first-order valence-corrected chi connectivity index (χ1v) is 5.10. The molecule has 1 amide bonds. The van der Waals surface area contributed by atoms with Gasteiger partial charge < -0.3 is 20.6 Å². The zero-order valence-electron chi connectivity index (χ0n) is 9.41. The Balaban J connectivity index is 2.21. The number of carbonyl (C=O) groups is 2. The summed E-state index contributed by atoms with van der Waals surface area (Å²) in [7, 11) is 0. The first-order valence-electron chi connectivity index (χ1n) is 5.10. The number of amides is 1. The number of hydrogen-bond donors (Lipinski definition) is 5. The number of aromatic carboxylic acids is 1. The highest BCUT2D eigenvalue weighted by molar-refractivity contribution is 6.06. The third-order valence-electron chi connectivity index (χ3n) is 2.31. The van der Waals surface area contributed by atoms with Gasteiger partial charge in [-0.1, -0.05) is 6.07 Å². The van der Waals surface area contributed by atoms with Crippen molar-refractivity contribution in [3.63, 3.8) is 0 Å². The summed E-state index contributed by atoms with van der Waals surface area (Å²) in [6, 6.07) is 5.04. The molecule has 0 aliphatic heterocycles. The second kappa shape index (κ2) is 4.69. The Morgan fingerprint density at radius 1 is 1.26 bits per heavy atom. The van der Waals surface area contributed by atoms with Gasteiger partial charge in [0.1, 0.15) is 5.69 Å². The van der Waals surface area contributed by atoms with Crippen molar-refractivity contribution in [1.29, 1.82) is 0 Å². The predicted octanol–water partition coefficient (Wildman–Crippen LogP) is 0.771. The van der Waals surface area contributed by atoms with Crippen molar-refractivity contribution in [1.82, 2.24) is 10.2 Å². The van der Waals surface area contributed by atoms with E-state index in [9.17, 15) is 19.8 Å². The van der Waals surface area contributed by atoms with Crippen LogP contribution in [0.4, 0.5) is 5.82 Å². The molecule has 19 heavy (non-hydrogen) atoms. The highest BCUT2D eigenvalue weighted by Gasteiger charge is 2.16. The molecule has 2 aromatic rings. The quantitative estimate of drug-likeness (QED) is 0.519. The van der Waals surface area contributed by atoms with E-state index in [1.807, 2.05) is 0 Å². The van der Waals surface area contributed by atoms with E-state index in [1.54, 1.807) is 0 Å². The first-order chi connectivity index (χ1) is 8.99. The number of hydrogen-bond acceptors (Lipinski definition) is 5. The standard InChI is InChI=1S/C11H9N3O5/c15-7-3-1-2-5(9(7)16)10(17)12-8-4-6(11(18)19)13-14-8/h1-4,15-16H,(H,18,19)(H2,12,13,14,17). The van der Waals surface area contributed by atoms with Gasteiger partial charge in [0.05, 0.1) is 5.56 Å². The van der Waals surface area contributed by atoms with E-state index in [1.165, 1.54) is 18.2 Å². The van der Waals surface area contributed by atoms with Gasteiger partial charge in [0.15, 0.2) is 17.3 Å². The van der Waals surface area contributed by atoms with Crippen molar-refractivity contribution in [3.05, 3.63) is 35.5 Å². The number of aromatic amines is 1. The molecule has 1 aromatic heterocycles. The highest BCUT2D eigenvalue weighted by atomic mass is 16.4. The molecule has 8 nitrogen and oxygen atoms in total. The number of phenols is 2. The van der Waals surface area contributed by atoms with Crippen LogP contribution >= 0.6 is 0 Å². The molecule has 0 aliphatic rings. The number of rotatable bonds is 3. The zero-order chi connectivity index (χ0) is 14.0. The number of carbonyl (C=O) groups excluding carboxylic acids is 1. The van der Waals surface area contributed by atoms with Crippen molar-refractivity contribution < 1.29 is 24.9 Å². The highest BCUT2D eigenvalue weighted by Crippen LogP contribution is 2.28. The number of nitrogens with one attached hydrogen (secondary N) is 2. The van der Waals surface area contributed by atoms with Crippen LogP contribution in [0.15, 0.2) is 24.3 Å². The molecule has 2 rings (SSSR count). The number of para-hydroxylation sites is 1. The van der Waals surface area contributed by atoms with Crippen LogP contribution in [-0.4, -0.2) is 37.4 Å². The van der Waals surface area contributed by atoms with E-state index in [4.69, 9.17) is 5.11 Å². The van der Waals surface area contributed by atoms with Crippen LogP contribution in [0, 0.1) is 0 Å². The Kier molecular flexibility index (Phi) is 3.06. The van der Waals surface area contributed by atoms with Crippen LogP contribution in [0.1, 0.15) is 20.8 Å². The maximum atomic E-state index is 11.8. The lowest BCUT2D eigenvalue weighted by Gasteiger charge is -2.05. The fraction of sp³-hybridized carbons (Fsp3) is 0. The second-order valence-electron chi connectivity index (χ2n) is 3.60. The van der Waals surface area contributed by atoms with E-state index < -0.39 is 23.4 Å². The maximum Gasteiger partial charge on any atom is 0.353 e. The van der Waals surface area contributed by atoms with Crippen LogP contribution in [0.25, 0.3) is 0 Å². The van der Waals surface area contributed by atoms with E-state index in [0.29, 0.717) is 0 Å². The van der Waals surface area contributed by atoms with Crippen molar-refractivity contribution in [2.45, 2.75) is 0 Å². The minimum absolute atomic E-state index is 0.00913. The molecule has 0 bridgehead atoms. The van der Waals surface area contributed by atoms with E-state index in [2.05, 4.69) is 15.5 Å². The molecule has 98 valence electrons. The third kappa shape index (κ3) is 2.46. The number of phenolic OH excluding ortho intramolecular Hbond substituents is 2. The fourth-order valence-electron chi connectivity index (χ4n) is 1.39. The Bertz CT molecular complexity index is 650. The molecule has 0 atom stereocenters. The molecular formula is C11H9N3O5. The lowest BCUT2D eigenvalue weighted by Crippen LogP contribution is -2.12. The maximum absolute atomic E-state index is 11.8.